The molecule has 0 saturated carbocycles. The Labute approximate surface area is 165 Å². The molecule has 0 spiro atoms. The number of hydrogen-bond donors (Lipinski definition) is 2. The predicted octanol–water partition coefficient (Wildman–Crippen LogP) is 3.82. The molecule has 0 aliphatic carbocycles. The van der Waals surface area contributed by atoms with Crippen LogP contribution in [0.5, 0.6) is 0 Å². The number of aromatic amines is 1. The highest BCUT2D eigenvalue weighted by Gasteiger charge is 2.19. The van der Waals surface area contributed by atoms with Crippen LogP contribution >= 0.6 is 15.9 Å². The summed E-state index contributed by atoms with van der Waals surface area (Å²) in [6.45, 7) is 4.51. The van der Waals surface area contributed by atoms with Gasteiger partial charge in [0.25, 0.3) is 5.91 Å². The molecule has 4 aromatic rings. The summed E-state index contributed by atoms with van der Waals surface area (Å²) in [5.41, 5.74) is 5.16. The maximum Gasteiger partial charge on any atom is 0.270 e. The third-order valence-electron chi connectivity index (χ3n) is 4.52. The molecule has 27 heavy (non-hydrogen) atoms. The van der Waals surface area contributed by atoms with Crippen molar-refractivity contribution in [2.75, 3.05) is 6.54 Å². The van der Waals surface area contributed by atoms with E-state index in [1.54, 1.807) is 0 Å². The van der Waals surface area contributed by atoms with Gasteiger partial charge >= 0.3 is 0 Å². The zero-order valence-electron chi connectivity index (χ0n) is 15.2. The molecule has 138 valence electrons. The Hall–Kier alpha value is -2.67. The number of pyridine rings is 1. The number of hydrogen-bond acceptors (Lipinski definition) is 3. The number of aromatic nitrogens is 4. The summed E-state index contributed by atoms with van der Waals surface area (Å²) in [4.78, 5) is 25.3. The average Bonchev–Trinajstić information content (AvgIpc) is 3.22. The first kappa shape index (κ1) is 17.7. The molecule has 0 aliphatic heterocycles. The zero-order chi connectivity index (χ0) is 19.0. The minimum absolute atomic E-state index is 0.118. The Morgan fingerprint density at radius 1 is 1.30 bits per heavy atom. The van der Waals surface area contributed by atoms with Crippen LogP contribution in [0.2, 0.25) is 0 Å². The lowest BCUT2D eigenvalue weighted by atomic mass is 10.2. The van der Waals surface area contributed by atoms with E-state index >= 15 is 0 Å². The number of nitrogens with one attached hydrogen (secondary N) is 2. The largest absolute Gasteiger partial charge is 0.350 e. The van der Waals surface area contributed by atoms with E-state index in [-0.39, 0.29) is 5.91 Å². The van der Waals surface area contributed by atoms with Crippen LogP contribution in [0.3, 0.4) is 0 Å². The van der Waals surface area contributed by atoms with Crippen molar-refractivity contribution in [1.82, 2.24) is 24.7 Å². The number of imidazole rings is 2. The predicted molar refractivity (Wildman–Crippen MR) is 109 cm³/mol. The molecule has 3 aromatic heterocycles. The highest BCUT2D eigenvalue weighted by Crippen LogP contribution is 2.23. The number of amides is 1. The van der Waals surface area contributed by atoms with Gasteiger partial charge < -0.3 is 10.3 Å². The summed E-state index contributed by atoms with van der Waals surface area (Å²) in [7, 11) is 0. The number of H-pyrrole nitrogens is 1. The normalized spacial score (nSPS) is 11.4. The lowest BCUT2D eigenvalue weighted by molar-refractivity contribution is 0.0947. The number of carbonyl (C=O) groups excluding carboxylic acids is 1. The Balaban J connectivity index is 1.54. The van der Waals surface area contributed by atoms with Crippen LogP contribution in [-0.4, -0.2) is 31.8 Å². The first-order chi connectivity index (χ1) is 13.1. The van der Waals surface area contributed by atoms with Crippen molar-refractivity contribution in [3.63, 3.8) is 0 Å². The van der Waals surface area contributed by atoms with E-state index in [0.29, 0.717) is 25.1 Å². The fourth-order valence-corrected chi connectivity index (χ4v) is 3.91. The number of para-hydroxylation sites is 2. The van der Waals surface area contributed by atoms with Crippen LogP contribution in [-0.2, 0) is 12.8 Å². The van der Waals surface area contributed by atoms with Gasteiger partial charge in [0.1, 0.15) is 11.5 Å². The summed E-state index contributed by atoms with van der Waals surface area (Å²) in [6.07, 6.45) is 3.28. The van der Waals surface area contributed by atoms with Gasteiger partial charge in [0.2, 0.25) is 0 Å². The third-order valence-corrected chi connectivity index (χ3v) is 5.10. The van der Waals surface area contributed by atoms with Gasteiger partial charge in [-0.2, -0.15) is 0 Å². The van der Waals surface area contributed by atoms with Crippen molar-refractivity contribution >= 4 is 38.5 Å². The van der Waals surface area contributed by atoms with Gasteiger partial charge in [-0.05, 0) is 53.0 Å². The minimum Gasteiger partial charge on any atom is -0.350 e. The van der Waals surface area contributed by atoms with Crippen LogP contribution in [0.25, 0.3) is 16.7 Å². The van der Waals surface area contributed by atoms with Crippen molar-refractivity contribution in [3.8, 4) is 0 Å². The zero-order valence-corrected chi connectivity index (χ0v) is 16.8. The molecule has 6 nitrogen and oxygen atoms in total. The molecule has 0 unspecified atom stereocenters. The quantitative estimate of drug-likeness (QED) is 0.510. The molecule has 3 heterocycles. The van der Waals surface area contributed by atoms with Gasteiger partial charge in [-0.3, -0.25) is 9.20 Å². The Kier molecular flexibility index (Phi) is 4.70. The molecule has 0 radical (unpaired) electrons. The molecule has 0 aliphatic rings. The van der Waals surface area contributed by atoms with Crippen LogP contribution in [0.1, 0.15) is 34.5 Å². The molecule has 2 N–H and O–H groups in total. The first-order valence-electron chi connectivity index (χ1n) is 8.95. The molecule has 4 rings (SSSR count). The fraction of sp³-hybridized carbons (Fsp3) is 0.250. The van der Waals surface area contributed by atoms with E-state index in [9.17, 15) is 4.79 Å². The maximum atomic E-state index is 12.9. The van der Waals surface area contributed by atoms with Gasteiger partial charge in [-0.15, -0.1) is 0 Å². The highest BCUT2D eigenvalue weighted by molar-refractivity contribution is 9.10. The van der Waals surface area contributed by atoms with Crippen molar-refractivity contribution in [1.29, 1.82) is 0 Å². The van der Waals surface area contributed by atoms with Crippen LogP contribution in [0.15, 0.2) is 41.0 Å². The Morgan fingerprint density at radius 2 is 2.11 bits per heavy atom. The molecule has 0 bridgehead atoms. The second-order valence-electron chi connectivity index (χ2n) is 6.53. The molecule has 1 aromatic carbocycles. The monoisotopic (exact) mass is 425 g/mol. The SMILES string of the molecule is CCc1nc2c(Br)cc(C)cn2c1C(=O)NCCc1nc2ccccc2[nH]1. The Morgan fingerprint density at radius 3 is 2.89 bits per heavy atom. The molecule has 0 saturated heterocycles. The second kappa shape index (κ2) is 7.15. The van der Waals surface area contributed by atoms with E-state index < -0.39 is 0 Å². The topological polar surface area (TPSA) is 75.1 Å². The van der Waals surface area contributed by atoms with Crippen LogP contribution < -0.4 is 5.32 Å². The second-order valence-corrected chi connectivity index (χ2v) is 7.38. The van der Waals surface area contributed by atoms with Gasteiger partial charge in [0.05, 0.1) is 21.2 Å². The number of carbonyl (C=O) groups is 1. The van der Waals surface area contributed by atoms with E-state index in [2.05, 4.69) is 36.2 Å². The highest BCUT2D eigenvalue weighted by atomic mass is 79.9. The summed E-state index contributed by atoms with van der Waals surface area (Å²) in [6, 6.07) is 9.91. The Bertz CT molecular complexity index is 1110. The van der Waals surface area contributed by atoms with Crippen molar-refractivity contribution in [2.24, 2.45) is 0 Å². The van der Waals surface area contributed by atoms with Crippen LogP contribution in [0.4, 0.5) is 0 Å². The first-order valence-corrected chi connectivity index (χ1v) is 9.75. The fourth-order valence-electron chi connectivity index (χ4n) is 3.27. The maximum absolute atomic E-state index is 12.9. The van der Waals surface area contributed by atoms with E-state index in [4.69, 9.17) is 0 Å². The summed E-state index contributed by atoms with van der Waals surface area (Å²) < 4.78 is 2.76. The van der Waals surface area contributed by atoms with Gasteiger partial charge in [0.15, 0.2) is 5.65 Å². The number of benzene rings is 1. The van der Waals surface area contributed by atoms with Crippen molar-refractivity contribution < 1.29 is 4.79 Å². The number of aryl methyl sites for hydroxylation is 2. The molecule has 1 amide bonds. The summed E-state index contributed by atoms with van der Waals surface area (Å²) in [5, 5.41) is 3.01. The van der Waals surface area contributed by atoms with E-state index in [0.717, 1.165) is 38.2 Å². The minimum atomic E-state index is -0.118. The van der Waals surface area contributed by atoms with Gasteiger partial charge in [-0.1, -0.05) is 19.1 Å². The van der Waals surface area contributed by atoms with Crippen molar-refractivity contribution in [3.05, 3.63) is 63.8 Å². The molecule has 0 fully saturated rings. The summed E-state index contributed by atoms with van der Waals surface area (Å²) in [5.74, 6) is 0.747. The number of nitrogens with zero attached hydrogens (tertiary/aromatic N) is 3. The number of halogens is 1. The van der Waals surface area contributed by atoms with Gasteiger partial charge in [0, 0.05) is 19.2 Å². The third kappa shape index (κ3) is 3.35. The van der Waals surface area contributed by atoms with Crippen LogP contribution in [0, 0.1) is 6.92 Å². The lowest BCUT2D eigenvalue weighted by Crippen LogP contribution is -2.28. The molecule has 7 heteroatoms. The number of rotatable bonds is 5. The standard InChI is InChI=1S/C20H20BrN5O/c1-3-14-18(26-11-12(2)10-13(21)19(26)25-14)20(27)22-9-8-17-23-15-6-4-5-7-16(15)24-17/h4-7,10-11H,3,8-9H2,1-2H3,(H,22,27)(H,23,24). The lowest BCUT2D eigenvalue weighted by Gasteiger charge is -2.07. The summed E-state index contributed by atoms with van der Waals surface area (Å²) >= 11 is 3.55. The smallest absolute Gasteiger partial charge is 0.270 e. The molecular formula is C20H20BrN5O. The average molecular weight is 426 g/mol. The number of fused-ring (bicyclic) bond motifs is 2. The molecule has 0 atom stereocenters. The van der Waals surface area contributed by atoms with E-state index in [1.807, 2.05) is 54.8 Å². The van der Waals surface area contributed by atoms with Gasteiger partial charge in [-0.25, -0.2) is 9.97 Å². The van der Waals surface area contributed by atoms with E-state index in [1.165, 1.54) is 0 Å². The van der Waals surface area contributed by atoms with Crippen molar-refractivity contribution in [2.45, 2.75) is 26.7 Å². The molecular weight excluding hydrogens is 406 g/mol.